The van der Waals surface area contributed by atoms with Crippen molar-refractivity contribution in [2.45, 2.75) is 32.6 Å². The average Bonchev–Trinajstić information content (AvgIpc) is 3.00. The summed E-state index contributed by atoms with van der Waals surface area (Å²) in [6.07, 6.45) is 2.14. The highest BCUT2D eigenvalue weighted by Crippen LogP contribution is 2.25. The number of aromatic nitrogens is 1. The quantitative estimate of drug-likeness (QED) is 0.718. The van der Waals surface area contributed by atoms with Gasteiger partial charge in [0.05, 0.1) is 17.8 Å². The van der Waals surface area contributed by atoms with Gasteiger partial charge in [-0.2, -0.15) is 0 Å². The second-order valence-electron chi connectivity index (χ2n) is 7.14. The van der Waals surface area contributed by atoms with Crippen LogP contribution in [-0.4, -0.2) is 40.7 Å². The van der Waals surface area contributed by atoms with Crippen LogP contribution in [0.3, 0.4) is 0 Å². The lowest BCUT2D eigenvalue weighted by Gasteiger charge is -2.35. The largest absolute Gasteiger partial charge is 0.372 e. The van der Waals surface area contributed by atoms with E-state index in [9.17, 15) is 4.79 Å². The third-order valence-corrected chi connectivity index (χ3v) is 4.92. The van der Waals surface area contributed by atoms with Crippen LogP contribution in [0.25, 0.3) is 10.9 Å². The third kappa shape index (κ3) is 3.25. The summed E-state index contributed by atoms with van der Waals surface area (Å²) in [5.74, 6) is 0.0926. The molecule has 0 bridgehead atoms. The first-order chi connectivity index (χ1) is 12.6. The fraction of sp³-hybridized carbons (Fsp3) is 0.318. The lowest BCUT2D eigenvalue weighted by atomic mass is 10.1. The van der Waals surface area contributed by atoms with E-state index in [1.54, 1.807) is 0 Å². The molecule has 0 saturated carbocycles. The fourth-order valence-electron chi connectivity index (χ4n) is 3.84. The minimum atomic E-state index is 0.0698. The van der Waals surface area contributed by atoms with Crippen molar-refractivity contribution in [3.63, 3.8) is 0 Å². The molecule has 2 heterocycles. The first-order valence-electron chi connectivity index (χ1n) is 9.18. The monoisotopic (exact) mass is 348 g/mol. The summed E-state index contributed by atoms with van der Waals surface area (Å²) < 4.78 is 7.95. The van der Waals surface area contributed by atoms with Gasteiger partial charge in [0.2, 0.25) is 0 Å². The number of carbonyl (C=O) groups excluding carboxylic acids is 1. The molecule has 4 rings (SSSR count). The molecule has 1 fully saturated rings. The minimum absolute atomic E-state index is 0.0698. The molecule has 0 aliphatic carbocycles. The zero-order valence-electron chi connectivity index (χ0n) is 15.3. The highest BCUT2D eigenvalue weighted by molar-refractivity contribution is 6.07. The molecule has 0 unspecified atom stereocenters. The van der Waals surface area contributed by atoms with Crippen LogP contribution in [-0.2, 0) is 11.3 Å². The van der Waals surface area contributed by atoms with Gasteiger partial charge < -0.3 is 14.2 Å². The minimum Gasteiger partial charge on any atom is -0.372 e. The van der Waals surface area contributed by atoms with Gasteiger partial charge in [-0.15, -0.1) is 0 Å². The smallest absolute Gasteiger partial charge is 0.256 e. The zero-order valence-corrected chi connectivity index (χ0v) is 15.3. The van der Waals surface area contributed by atoms with E-state index in [4.69, 9.17) is 4.74 Å². The Labute approximate surface area is 154 Å². The summed E-state index contributed by atoms with van der Waals surface area (Å²) in [6, 6.07) is 18.5. The SMILES string of the molecule is C[C@@H]1CN(C(=O)c2cn(Cc3ccccc3)c3ccccc23)C[C@H](C)O1. The van der Waals surface area contributed by atoms with Gasteiger partial charge in [-0.1, -0.05) is 48.5 Å². The molecule has 3 aromatic rings. The second kappa shape index (κ2) is 6.96. The predicted molar refractivity (Wildman–Crippen MR) is 103 cm³/mol. The van der Waals surface area contributed by atoms with E-state index in [1.165, 1.54) is 5.56 Å². The number of ether oxygens (including phenoxy) is 1. The Morgan fingerprint density at radius 1 is 1.00 bits per heavy atom. The maximum absolute atomic E-state index is 13.2. The van der Waals surface area contributed by atoms with Crippen LogP contribution in [0.15, 0.2) is 60.8 Å². The maximum Gasteiger partial charge on any atom is 0.256 e. The molecule has 1 aliphatic heterocycles. The lowest BCUT2D eigenvalue weighted by Crippen LogP contribution is -2.48. The van der Waals surface area contributed by atoms with Gasteiger partial charge in [0.25, 0.3) is 5.91 Å². The number of carbonyl (C=O) groups is 1. The molecule has 1 aromatic heterocycles. The fourth-order valence-corrected chi connectivity index (χ4v) is 3.84. The molecule has 1 amide bonds. The Morgan fingerprint density at radius 3 is 2.38 bits per heavy atom. The van der Waals surface area contributed by atoms with Crippen molar-refractivity contribution in [1.82, 2.24) is 9.47 Å². The van der Waals surface area contributed by atoms with Crippen molar-refractivity contribution in [3.8, 4) is 0 Å². The van der Waals surface area contributed by atoms with E-state index in [0.717, 1.165) is 23.0 Å². The first kappa shape index (κ1) is 16.9. The first-order valence-corrected chi connectivity index (χ1v) is 9.18. The predicted octanol–water partition coefficient (Wildman–Crippen LogP) is 3.94. The third-order valence-electron chi connectivity index (χ3n) is 4.92. The Bertz CT molecular complexity index is 906. The van der Waals surface area contributed by atoms with Crippen LogP contribution in [0.2, 0.25) is 0 Å². The Hall–Kier alpha value is -2.59. The Kier molecular flexibility index (Phi) is 4.51. The molecule has 0 N–H and O–H groups in total. The van der Waals surface area contributed by atoms with E-state index >= 15 is 0 Å². The van der Waals surface area contributed by atoms with Crippen LogP contribution in [0.5, 0.6) is 0 Å². The van der Waals surface area contributed by atoms with E-state index < -0.39 is 0 Å². The number of hydrogen-bond donors (Lipinski definition) is 0. The van der Waals surface area contributed by atoms with Crippen LogP contribution in [0, 0.1) is 0 Å². The number of nitrogens with zero attached hydrogens (tertiary/aromatic N) is 2. The Balaban J connectivity index is 1.70. The van der Waals surface area contributed by atoms with E-state index in [2.05, 4.69) is 22.8 Å². The molecule has 4 nitrogen and oxygen atoms in total. The van der Waals surface area contributed by atoms with Gasteiger partial charge in [0.15, 0.2) is 0 Å². The summed E-state index contributed by atoms with van der Waals surface area (Å²) >= 11 is 0. The standard InChI is InChI=1S/C22H24N2O2/c1-16-12-24(13-17(2)26-16)22(25)20-15-23(14-18-8-4-3-5-9-18)21-11-7-6-10-19(20)21/h3-11,15-17H,12-14H2,1-2H3/t16-,17+. The van der Waals surface area contributed by atoms with E-state index in [-0.39, 0.29) is 18.1 Å². The number of para-hydroxylation sites is 1. The highest BCUT2D eigenvalue weighted by Gasteiger charge is 2.28. The number of hydrogen-bond acceptors (Lipinski definition) is 2. The molecule has 26 heavy (non-hydrogen) atoms. The van der Waals surface area contributed by atoms with Crippen molar-refractivity contribution < 1.29 is 9.53 Å². The molecule has 1 saturated heterocycles. The van der Waals surface area contributed by atoms with Crippen molar-refractivity contribution in [2.24, 2.45) is 0 Å². The van der Waals surface area contributed by atoms with Gasteiger partial charge in [-0.25, -0.2) is 0 Å². The topological polar surface area (TPSA) is 34.5 Å². The molecule has 2 aromatic carbocycles. The molecular formula is C22H24N2O2. The summed E-state index contributed by atoms with van der Waals surface area (Å²) in [5.41, 5.74) is 3.09. The lowest BCUT2D eigenvalue weighted by molar-refractivity contribution is -0.0585. The molecular weight excluding hydrogens is 324 g/mol. The average molecular weight is 348 g/mol. The zero-order chi connectivity index (χ0) is 18.1. The van der Waals surface area contributed by atoms with Crippen LogP contribution < -0.4 is 0 Å². The molecule has 0 radical (unpaired) electrons. The summed E-state index contributed by atoms with van der Waals surface area (Å²) in [7, 11) is 0. The second-order valence-corrected chi connectivity index (χ2v) is 7.14. The van der Waals surface area contributed by atoms with Crippen molar-refractivity contribution >= 4 is 16.8 Å². The number of fused-ring (bicyclic) bond motifs is 1. The normalized spacial score (nSPS) is 20.5. The van der Waals surface area contributed by atoms with Gasteiger partial charge in [0.1, 0.15) is 0 Å². The van der Waals surface area contributed by atoms with Crippen LogP contribution in [0.4, 0.5) is 0 Å². The Morgan fingerprint density at radius 2 is 1.65 bits per heavy atom. The maximum atomic E-state index is 13.2. The number of rotatable bonds is 3. The molecule has 134 valence electrons. The van der Waals surface area contributed by atoms with Crippen molar-refractivity contribution in [2.75, 3.05) is 13.1 Å². The van der Waals surface area contributed by atoms with Gasteiger partial charge >= 0.3 is 0 Å². The number of morpholine rings is 1. The number of benzene rings is 2. The molecule has 0 spiro atoms. The van der Waals surface area contributed by atoms with E-state index in [1.807, 2.05) is 61.3 Å². The van der Waals surface area contributed by atoms with Crippen molar-refractivity contribution in [3.05, 3.63) is 71.9 Å². The molecule has 4 heteroatoms. The summed E-state index contributed by atoms with van der Waals surface area (Å²) in [4.78, 5) is 15.2. The highest BCUT2D eigenvalue weighted by atomic mass is 16.5. The van der Waals surface area contributed by atoms with Crippen LogP contribution in [0.1, 0.15) is 29.8 Å². The van der Waals surface area contributed by atoms with E-state index in [0.29, 0.717) is 13.1 Å². The summed E-state index contributed by atoms with van der Waals surface area (Å²) in [6.45, 7) is 6.08. The van der Waals surface area contributed by atoms with Gasteiger partial charge in [0, 0.05) is 36.7 Å². The molecule has 2 atom stereocenters. The molecule has 1 aliphatic rings. The van der Waals surface area contributed by atoms with Gasteiger partial charge in [-0.05, 0) is 25.5 Å². The summed E-state index contributed by atoms with van der Waals surface area (Å²) in [5, 5.41) is 1.01. The van der Waals surface area contributed by atoms with Crippen LogP contribution >= 0.6 is 0 Å². The van der Waals surface area contributed by atoms with Crippen molar-refractivity contribution in [1.29, 1.82) is 0 Å². The van der Waals surface area contributed by atoms with Gasteiger partial charge in [-0.3, -0.25) is 4.79 Å². The number of amides is 1.